The molecule has 0 aliphatic heterocycles. The Bertz CT molecular complexity index is 454. The fourth-order valence-corrected chi connectivity index (χ4v) is 2.31. The van der Waals surface area contributed by atoms with Crippen LogP contribution in [0, 0.1) is 0 Å². The van der Waals surface area contributed by atoms with E-state index >= 15 is 0 Å². The first-order valence-electron chi connectivity index (χ1n) is 6.06. The molecule has 1 aromatic heterocycles. The van der Waals surface area contributed by atoms with E-state index in [9.17, 15) is 0 Å². The first-order valence-corrected chi connectivity index (χ1v) is 6.47. The Morgan fingerprint density at radius 3 is 2.76 bits per heavy atom. The van der Waals surface area contributed by atoms with Crippen molar-refractivity contribution in [3.63, 3.8) is 0 Å². The number of aromatic nitrogens is 1. The molecule has 1 heterocycles. The van der Waals surface area contributed by atoms with Crippen molar-refractivity contribution < 1.29 is 0 Å². The topological polar surface area (TPSA) is 42.2 Å². The summed E-state index contributed by atoms with van der Waals surface area (Å²) in [5, 5.41) is 0. The molecule has 17 heavy (non-hydrogen) atoms. The van der Waals surface area contributed by atoms with Gasteiger partial charge in [0.2, 0.25) is 0 Å². The van der Waals surface area contributed by atoms with Gasteiger partial charge in [0, 0.05) is 18.8 Å². The molecule has 0 saturated carbocycles. The largest absolute Gasteiger partial charge is 0.389 e. The van der Waals surface area contributed by atoms with Crippen molar-refractivity contribution in [1.29, 1.82) is 0 Å². The van der Waals surface area contributed by atoms with Gasteiger partial charge in [-0.2, -0.15) is 0 Å². The van der Waals surface area contributed by atoms with Gasteiger partial charge in [-0.1, -0.05) is 12.2 Å². The zero-order valence-electron chi connectivity index (χ0n) is 10.7. The summed E-state index contributed by atoms with van der Waals surface area (Å²) in [6.07, 6.45) is 3.36. The number of nitrogens with zero attached hydrogens (tertiary/aromatic N) is 2. The van der Waals surface area contributed by atoms with Gasteiger partial charge in [-0.3, -0.25) is 0 Å². The fraction of sp³-hybridized carbons (Fsp3) is 0.538. The third-order valence-corrected chi connectivity index (χ3v) is 3.62. The van der Waals surface area contributed by atoms with Crippen molar-refractivity contribution in [2.24, 2.45) is 5.73 Å². The number of anilines is 1. The van der Waals surface area contributed by atoms with Gasteiger partial charge >= 0.3 is 0 Å². The standard InChI is InChI=1S/C13H19N3S/c1-8(2)16(3)13-10(12(14)17)7-9-5-4-6-11(9)15-13/h7-8H,4-6H2,1-3H3,(H2,14,17). The minimum atomic E-state index is 0.384. The highest BCUT2D eigenvalue weighted by molar-refractivity contribution is 7.80. The van der Waals surface area contributed by atoms with Gasteiger partial charge in [0.25, 0.3) is 0 Å². The van der Waals surface area contributed by atoms with Crippen LogP contribution in [0.2, 0.25) is 0 Å². The molecule has 0 amide bonds. The molecule has 0 spiro atoms. The van der Waals surface area contributed by atoms with Crippen molar-refractivity contribution in [3.8, 4) is 0 Å². The molecular formula is C13H19N3S. The van der Waals surface area contributed by atoms with Gasteiger partial charge < -0.3 is 10.6 Å². The Morgan fingerprint density at radius 1 is 1.47 bits per heavy atom. The van der Waals surface area contributed by atoms with Gasteiger partial charge in [0.1, 0.15) is 10.8 Å². The lowest BCUT2D eigenvalue weighted by Gasteiger charge is -2.25. The number of pyridine rings is 1. The molecule has 0 aromatic carbocycles. The van der Waals surface area contributed by atoms with Crippen LogP contribution in [0.4, 0.5) is 5.82 Å². The summed E-state index contributed by atoms with van der Waals surface area (Å²) in [7, 11) is 2.04. The molecule has 2 rings (SSSR count). The van der Waals surface area contributed by atoms with Crippen LogP contribution >= 0.6 is 12.2 Å². The van der Waals surface area contributed by atoms with Crippen molar-refractivity contribution in [2.45, 2.75) is 39.2 Å². The second kappa shape index (κ2) is 4.61. The minimum absolute atomic E-state index is 0.384. The van der Waals surface area contributed by atoms with Crippen molar-refractivity contribution in [1.82, 2.24) is 4.98 Å². The van der Waals surface area contributed by atoms with E-state index in [-0.39, 0.29) is 0 Å². The molecule has 0 unspecified atom stereocenters. The molecule has 3 nitrogen and oxygen atoms in total. The summed E-state index contributed by atoms with van der Waals surface area (Å²) in [4.78, 5) is 7.33. The van der Waals surface area contributed by atoms with E-state index in [1.165, 1.54) is 17.7 Å². The number of fused-ring (bicyclic) bond motifs is 1. The van der Waals surface area contributed by atoms with Gasteiger partial charge in [-0.05, 0) is 44.7 Å². The maximum absolute atomic E-state index is 5.81. The lowest BCUT2D eigenvalue weighted by Crippen LogP contribution is -2.29. The highest BCUT2D eigenvalue weighted by atomic mass is 32.1. The molecule has 1 aromatic rings. The summed E-state index contributed by atoms with van der Waals surface area (Å²) in [5.41, 5.74) is 9.25. The molecule has 0 saturated heterocycles. The second-order valence-electron chi connectivity index (χ2n) is 4.89. The van der Waals surface area contributed by atoms with Gasteiger partial charge in [0.05, 0.1) is 5.56 Å². The summed E-state index contributed by atoms with van der Waals surface area (Å²) in [6.45, 7) is 4.27. The molecule has 0 fully saturated rings. The van der Waals surface area contributed by atoms with Crippen molar-refractivity contribution >= 4 is 23.0 Å². The van der Waals surface area contributed by atoms with Crippen LogP contribution in [0.5, 0.6) is 0 Å². The van der Waals surface area contributed by atoms with Crippen LogP contribution in [0.1, 0.15) is 37.1 Å². The number of hydrogen-bond acceptors (Lipinski definition) is 3. The first kappa shape index (κ1) is 12.3. The van der Waals surface area contributed by atoms with Crippen LogP contribution in [-0.2, 0) is 12.8 Å². The average molecular weight is 249 g/mol. The minimum Gasteiger partial charge on any atom is -0.389 e. The maximum Gasteiger partial charge on any atom is 0.139 e. The quantitative estimate of drug-likeness (QED) is 0.833. The summed E-state index contributed by atoms with van der Waals surface area (Å²) >= 11 is 5.14. The predicted octanol–water partition coefficient (Wildman–Crippen LogP) is 2.05. The normalized spacial score (nSPS) is 13.9. The van der Waals surface area contributed by atoms with E-state index in [1.54, 1.807) is 0 Å². The summed E-state index contributed by atoms with van der Waals surface area (Å²) in [6, 6.07) is 2.52. The molecule has 2 N–H and O–H groups in total. The number of aryl methyl sites for hydroxylation is 2. The first-order chi connectivity index (χ1) is 8.00. The van der Waals surface area contributed by atoms with Gasteiger partial charge in [-0.15, -0.1) is 0 Å². The fourth-order valence-electron chi connectivity index (χ4n) is 2.16. The summed E-state index contributed by atoms with van der Waals surface area (Å²) < 4.78 is 0. The van der Waals surface area contributed by atoms with E-state index < -0.39 is 0 Å². The molecule has 92 valence electrons. The van der Waals surface area contributed by atoms with E-state index in [4.69, 9.17) is 22.9 Å². The SMILES string of the molecule is CC(C)N(C)c1nc2c(cc1C(N)=S)CCC2. The lowest BCUT2D eigenvalue weighted by atomic mass is 10.1. The predicted molar refractivity (Wildman–Crippen MR) is 75.7 cm³/mol. The van der Waals surface area contributed by atoms with Gasteiger partial charge in [-0.25, -0.2) is 4.98 Å². The lowest BCUT2D eigenvalue weighted by molar-refractivity contribution is 0.739. The number of hydrogen-bond donors (Lipinski definition) is 1. The average Bonchev–Trinajstić information content (AvgIpc) is 2.72. The van der Waals surface area contributed by atoms with E-state index in [2.05, 4.69) is 24.8 Å². The van der Waals surface area contributed by atoms with Crippen LogP contribution in [0.25, 0.3) is 0 Å². The third kappa shape index (κ3) is 2.27. The molecule has 1 aliphatic rings. The molecule has 1 aliphatic carbocycles. The van der Waals surface area contributed by atoms with E-state index in [0.29, 0.717) is 11.0 Å². The zero-order chi connectivity index (χ0) is 12.6. The molecule has 4 heteroatoms. The number of rotatable bonds is 3. The highest BCUT2D eigenvalue weighted by Gasteiger charge is 2.20. The number of nitrogens with two attached hydrogens (primary N) is 1. The van der Waals surface area contributed by atoms with Crippen molar-refractivity contribution in [3.05, 3.63) is 22.9 Å². The molecule has 0 bridgehead atoms. The molecule has 0 atom stereocenters. The maximum atomic E-state index is 5.81. The third-order valence-electron chi connectivity index (χ3n) is 3.40. The zero-order valence-corrected chi connectivity index (χ0v) is 11.5. The number of thiocarbonyl (C=S) groups is 1. The Morgan fingerprint density at radius 2 is 2.18 bits per heavy atom. The molecule has 0 radical (unpaired) electrons. The summed E-state index contributed by atoms with van der Waals surface area (Å²) in [5.74, 6) is 0.924. The Labute approximate surface area is 108 Å². The van der Waals surface area contributed by atoms with E-state index in [1.807, 2.05) is 7.05 Å². The van der Waals surface area contributed by atoms with Crippen LogP contribution < -0.4 is 10.6 Å². The Kier molecular flexibility index (Phi) is 3.33. The van der Waals surface area contributed by atoms with Crippen LogP contribution in [0.15, 0.2) is 6.07 Å². The van der Waals surface area contributed by atoms with Crippen LogP contribution in [-0.4, -0.2) is 23.1 Å². The monoisotopic (exact) mass is 249 g/mol. The van der Waals surface area contributed by atoms with Gasteiger partial charge in [0.15, 0.2) is 0 Å². The molecular weight excluding hydrogens is 230 g/mol. The van der Waals surface area contributed by atoms with Crippen LogP contribution in [0.3, 0.4) is 0 Å². The Balaban J connectivity index is 2.52. The van der Waals surface area contributed by atoms with E-state index in [0.717, 1.165) is 24.2 Å². The smallest absolute Gasteiger partial charge is 0.139 e. The Hall–Kier alpha value is -1.16. The second-order valence-corrected chi connectivity index (χ2v) is 5.33. The highest BCUT2D eigenvalue weighted by Crippen LogP contribution is 2.27. The van der Waals surface area contributed by atoms with Crippen molar-refractivity contribution in [2.75, 3.05) is 11.9 Å².